The van der Waals surface area contributed by atoms with E-state index in [2.05, 4.69) is 15.6 Å². The maximum atomic E-state index is 12.0. The Bertz CT molecular complexity index is 714. The highest BCUT2D eigenvalue weighted by atomic mass is 16.5. The van der Waals surface area contributed by atoms with Crippen LogP contribution in [0.5, 0.6) is 11.5 Å². The molecule has 0 atom stereocenters. The average Bonchev–Trinajstić information content (AvgIpc) is 3.39. The molecule has 0 unspecified atom stereocenters. The van der Waals surface area contributed by atoms with E-state index in [1.807, 2.05) is 24.3 Å². The molecule has 2 N–H and O–H groups in total. The molecule has 1 aromatic heterocycles. The Morgan fingerprint density at radius 3 is 2.52 bits per heavy atom. The molecule has 6 nitrogen and oxygen atoms in total. The van der Waals surface area contributed by atoms with Crippen molar-refractivity contribution in [2.45, 2.75) is 18.9 Å². The van der Waals surface area contributed by atoms with E-state index in [-0.39, 0.29) is 5.91 Å². The molecule has 0 saturated heterocycles. The van der Waals surface area contributed by atoms with Crippen molar-refractivity contribution >= 4 is 17.3 Å². The van der Waals surface area contributed by atoms with Crippen LogP contribution in [-0.2, 0) is 0 Å². The monoisotopic (exact) mass is 313 g/mol. The lowest BCUT2D eigenvalue weighted by molar-refractivity contribution is 0.0946. The van der Waals surface area contributed by atoms with E-state index in [9.17, 15) is 4.79 Å². The number of amides is 1. The van der Waals surface area contributed by atoms with Gasteiger partial charge in [0.25, 0.3) is 5.91 Å². The Labute approximate surface area is 134 Å². The number of rotatable bonds is 6. The first-order chi connectivity index (χ1) is 11.2. The molecule has 3 rings (SSSR count). The highest BCUT2D eigenvalue weighted by Gasteiger charge is 2.24. The Morgan fingerprint density at radius 1 is 1.09 bits per heavy atom. The summed E-state index contributed by atoms with van der Waals surface area (Å²) >= 11 is 0. The van der Waals surface area contributed by atoms with Gasteiger partial charge in [0, 0.05) is 29.7 Å². The van der Waals surface area contributed by atoms with Crippen molar-refractivity contribution in [1.82, 2.24) is 10.3 Å². The van der Waals surface area contributed by atoms with Gasteiger partial charge in [0.15, 0.2) is 11.5 Å². The van der Waals surface area contributed by atoms with E-state index in [0.29, 0.717) is 23.2 Å². The van der Waals surface area contributed by atoms with E-state index in [1.165, 1.54) is 0 Å². The molecule has 2 aromatic rings. The number of hydrogen-bond donors (Lipinski definition) is 2. The minimum absolute atomic E-state index is 0.136. The van der Waals surface area contributed by atoms with Crippen molar-refractivity contribution in [3.05, 3.63) is 42.2 Å². The summed E-state index contributed by atoms with van der Waals surface area (Å²) in [6.45, 7) is 0. The van der Waals surface area contributed by atoms with Crippen LogP contribution in [0.15, 0.2) is 36.5 Å². The number of nitrogens with zero attached hydrogens (tertiary/aromatic N) is 1. The van der Waals surface area contributed by atoms with E-state index >= 15 is 0 Å². The van der Waals surface area contributed by atoms with Gasteiger partial charge in [0.1, 0.15) is 5.69 Å². The minimum atomic E-state index is -0.136. The molecular weight excluding hydrogens is 294 g/mol. The number of pyridine rings is 1. The highest BCUT2D eigenvalue weighted by molar-refractivity contribution is 5.93. The molecule has 0 aliphatic heterocycles. The Morgan fingerprint density at radius 2 is 1.83 bits per heavy atom. The smallest absolute Gasteiger partial charge is 0.270 e. The van der Waals surface area contributed by atoms with Gasteiger partial charge in [-0.3, -0.25) is 9.78 Å². The summed E-state index contributed by atoms with van der Waals surface area (Å²) in [6, 6.07) is 9.39. The van der Waals surface area contributed by atoms with Crippen molar-refractivity contribution in [3.63, 3.8) is 0 Å². The van der Waals surface area contributed by atoms with Crippen molar-refractivity contribution < 1.29 is 14.3 Å². The molecule has 6 heteroatoms. The molecule has 1 heterocycles. The van der Waals surface area contributed by atoms with E-state index in [0.717, 1.165) is 24.2 Å². The summed E-state index contributed by atoms with van der Waals surface area (Å²) in [5.74, 6) is 1.17. The molecule has 1 saturated carbocycles. The summed E-state index contributed by atoms with van der Waals surface area (Å²) < 4.78 is 10.5. The van der Waals surface area contributed by atoms with Crippen molar-refractivity contribution in [2.75, 3.05) is 19.5 Å². The number of nitrogens with one attached hydrogen (secondary N) is 2. The number of methoxy groups -OCH3 is 2. The third-order valence-corrected chi connectivity index (χ3v) is 3.58. The highest BCUT2D eigenvalue weighted by Crippen LogP contribution is 2.31. The van der Waals surface area contributed by atoms with Crippen molar-refractivity contribution in [2.24, 2.45) is 0 Å². The molecule has 1 aromatic carbocycles. The number of ether oxygens (including phenoxy) is 2. The lowest BCUT2D eigenvalue weighted by Gasteiger charge is -2.12. The second-order valence-corrected chi connectivity index (χ2v) is 5.37. The number of carbonyl (C=O) groups is 1. The number of carbonyl (C=O) groups excluding carboxylic acids is 1. The number of hydrogen-bond acceptors (Lipinski definition) is 5. The standard InChI is InChI=1S/C17H19N3O3/c1-22-15-6-5-12(10-16(15)23-2)19-13-7-8-18-14(9-13)17(21)20-11-3-4-11/h5-11H,3-4H2,1-2H3,(H,18,19)(H,20,21). The lowest BCUT2D eigenvalue weighted by atomic mass is 10.2. The Balaban J connectivity index is 1.75. The third-order valence-electron chi connectivity index (χ3n) is 3.58. The van der Waals surface area contributed by atoms with Crippen molar-refractivity contribution in [1.29, 1.82) is 0 Å². The predicted octanol–water partition coefficient (Wildman–Crippen LogP) is 2.73. The fourth-order valence-corrected chi connectivity index (χ4v) is 2.20. The van der Waals surface area contributed by atoms with Crippen LogP contribution >= 0.6 is 0 Å². The summed E-state index contributed by atoms with van der Waals surface area (Å²) in [6.07, 6.45) is 3.72. The molecule has 0 spiro atoms. The maximum absolute atomic E-state index is 12.0. The molecule has 120 valence electrons. The normalized spacial score (nSPS) is 13.3. The molecule has 1 aliphatic rings. The van der Waals surface area contributed by atoms with Crippen LogP contribution < -0.4 is 20.1 Å². The van der Waals surface area contributed by atoms with Crippen LogP contribution in [0.1, 0.15) is 23.3 Å². The zero-order valence-electron chi connectivity index (χ0n) is 13.1. The predicted molar refractivity (Wildman–Crippen MR) is 87.6 cm³/mol. The van der Waals surface area contributed by atoms with Crippen LogP contribution in [-0.4, -0.2) is 31.2 Å². The van der Waals surface area contributed by atoms with Gasteiger partial charge in [0.2, 0.25) is 0 Å². The number of benzene rings is 1. The first-order valence-electron chi connectivity index (χ1n) is 7.45. The minimum Gasteiger partial charge on any atom is -0.493 e. The second kappa shape index (κ2) is 6.56. The van der Waals surface area contributed by atoms with Gasteiger partial charge in [-0.1, -0.05) is 0 Å². The third kappa shape index (κ3) is 3.71. The van der Waals surface area contributed by atoms with Gasteiger partial charge in [-0.15, -0.1) is 0 Å². The zero-order valence-corrected chi connectivity index (χ0v) is 13.1. The summed E-state index contributed by atoms with van der Waals surface area (Å²) in [5.41, 5.74) is 2.03. The van der Waals surface area contributed by atoms with Crippen LogP contribution in [0, 0.1) is 0 Å². The van der Waals surface area contributed by atoms with E-state index < -0.39 is 0 Å². The maximum Gasteiger partial charge on any atom is 0.270 e. The second-order valence-electron chi connectivity index (χ2n) is 5.37. The van der Waals surface area contributed by atoms with Gasteiger partial charge in [-0.25, -0.2) is 0 Å². The molecule has 23 heavy (non-hydrogen) atoms. The van der Waals surface area contributed by atoms with Crippen LogP contribution in [0.25, 0.3) is 0 Å². The lowest BCUT2D eigenvalue weighted by Crippen LogP contribution is -2.26. The van der Waals surface area contributed by atoms with Crippen LogP contribution in [0.4, 0.5) is 11.4 Å². The van der Waals surface area contributed by atoms with Gasteiger partial charge in [0.05, 0.1) is 14.2 Å². The van der Waals surface area contributed by atoms with Gasteiger partial charge in [-0.2, -0.15) is 0 Å². The molecule has 0 bridgehead atoms. The molecular formula is C17H19N3O3. The number of anilines is 2. The van der Waals surface area contributed by atoms with Crippen LogP contribution in [0.2, 0.25) is 0 Å². The molecule has 1 fully saturated rings. The Hall–Kier alpha value is -2.76. The summed E-state index contributed by atoms with van der Waals surface area (Å²) in [5, 5.41) is 6.17. The van der Waals surface area contributed by atoms with E-state index in [1.54, 1.807) is 26.5 Å². The SMILES string of the molecule is COc1ccc(Nc2ccnc(C(=O)NC3CC3)c2)cc1OC. The first-order valence-corrected chi connectivity index (χ1v) is 7.45. The Kier molecular flexibility index (Phi) is 4.32. The largest absolute Gasteiger partial charge is 0.493 e. The quantitative estimate of drug-likeness (QED) is 0.858. The molecule has 1 aliphatic carbocycles. The van der Waals surface area contributed by atoms with Crippen molar-refractivity contribution in [3.8, 4) is 11.5 Å². The van der Waals surface area contributed by atoms with Gasteiger partial charge >= 0.3 is 0 Å². The summed E-state index contributed by atoms with van der Waals surface area (Å²) in [7, 11) is 3.19. The van der Waals surface area contributed by atoms with Gasteiger partial charge < -0.3 is 20.1 Å². The van der Waals surface area contributed by atoms with Gasteiger partial charge in [-0.05, 0) is 37.1 Å². The topological polar surface area (TPSA) is 72.5 Å². The fraction of sp³-hybridized carbons (Fsp3) is 0.294. The van der Waals surface area contributed by atoms with E-state index in [4.69, 9.17) is 9.47 Å². The fourth-order valence-electron chi connectivity index (χ4n) is 2.20. The first kappa shape index (κ1) is 15.1. The zero-order chi connectivity index (χ0) is 16.2. The summed E-state index contributed by atoms with van der Waals surface area (Å²) in [4.78, 5) is 16.2. The number of aromatic nitrogens is 1. The average molecular weight is 313 g/mol. The molecule has 1 amide bonds. The molecule has 0 radical (unpaired) electrons. The van der Waals surface area contributed by atoms with Crippen LogP contribution in [0.3, 0.4) is 0 Å².